The first-order valence-electron chi connectivity index (χ1n) is 7.58. The molecule has 1 aliphatic heterocycles. The molecule has 104 valence electrons. The number of allylic oxidation sites excluding steroid dienone is 2. The molecule has 0 N–H and O–H groups in total. The highest BCUT2D eigenvalue weighted by molar-refractivity contribution is 5.07. The molecule has 0 spiro atoms. The second-order valence-electron chi connectivity index (χ2n) is 6.21. The zero-order valence-corrected chi connectivity index (χ0v) is 12.2. The van der Waals surface area contributed by atoms with Crippen LogP contribution in [0.5, 0.6) is 0 Å². The van der Waals surface area contributed by atoms with Crippen molar-refractivity contribution in [1.29, 1.82) is 0 Å². The van der Waals surface area contributed by atoms with E-state index in [0.29, 0.717) is 0 Å². The maximum Gasteiger partial charge on any atom is 0.158 e. The van der Waals surface area contributed by atoms with E-state index in [-0.39, 0.29) is 6.29 Å². The van der Waals surface area contributed by atoms with E-state index in [0.717, 1.165) is 43.8 Å². The Labute approximate surface area is 112 Å². The van der Waals surface area contributed by atoms with Crippen LogP contribution >= 0.6 is 0 Å². The summed E-state index contributed by atoms with van der Waals surface area (Å²) in [5.41, 5.74) is 1.63. The highest BCUT2D eigenvalue weighted by Crippen LogP contribution is 2.34. The summed E-state index contributed by atoms with van der Waals surface area (Å²) in [5.74, 6) is 2.56. The third-order valence-corrected chi connectivity index (χ3v) is 4.73. The van der Waals surface area contributed by atoms with Crippen molar-refractivity contribution in [3.05, 3.63) is 11.6 Å². The maximum absolute atomic E-state index is 5.49. The third-order valence-electron chi connectivity index (χ3n) is 4.73. The zero-order chi connectivity index (χ0) is 13.0. The Balaban J connectivity index is 1.72. The van der Waals surface area contributed by atoms with Crippen molar-refractivity contribution in [2.75, 3.05) is 13.2 Å². The van der Waals surface area contributed by atoms with Gasteiger partial charge in [0.15, 0.2) is 6.29 Å². The van der Waals surface area contributed by atoms with Crippen LogP contribution in [-0.4, -0.2) is 19.5 Å². The van der Waals surface area contributed by atoms with Crippen molar-refractivity contribution < 1.29 is 9.47 Å². The van der Waals surface area contributed by atoms with Gasteiger partial charge in [0.25, 0.3) is 0 Å². The lowest BCUT2D eigenvalue weighted by Gasteiger charge is -2.30. The fourth-order valence-corrected chi connectivity index (χ4v) is 3.03. The van der Waals surface area contributed by atoms with Crippen LogP contribution in [0.25, 0.3) is 0 Å². The first-order valence-corrected chi connectivity index (χ1v) is 7.58. The molecule has 0 aromatic rings. The number of hydrogen-bond acceptors (Lipinski definition) is 2. The van der Waals surface area contributed by atoms with Crippen LogP contribution in [0.3, 0.4) is 0 Å². The minimum Gasteiger partial charge on any atom is -0.350 e. The minimum atomic E-state index is 0.0678. The molecule has 0 bridgehead atoms. The van der Waals surface area contributed by atoms with E-state index in [4.69, 9.17) is 9.47 Å². The van der Waals surface area contributed by atoms with E-state index in [9.17, 15) is 0 Å². The molecule has 2 rings (SSSR count). The van der Waals surface area contributed by atoms with E-state index in [1.807, 2.05) is 0 Å². The summed E-state index contributed by atoms with van der Waals surface area (Å²) in [5, 5.41) is 0. The molecule has 18 heavy (non-hydrogen) atoms. The Bertz CT molecular complexity index is 277. The van der Waals surface area contributed by atoms with Crippen molar-refractivity contribution >= 4 is 0 Å². The van der Waals surface area contributed by atoms with E-state index < -0.39 is 0 Å². The summed E-state index contributed by atoms with van der Waals surface area (Å²) in [7, 11) is 0. The summed E-state index contributed by atoms with van der Waals surface area (Å²) in [6.07, 6.45) is 8.69. The van der Waals surface area contributed by atoms with E-state index in [1.54, 1.807) is 5.57 Å². The van der Waals surface area contributed by atoms with E-state index in [1.165, 1.54) is 19.3 Å². The van der Waals surface area contributed by atoms with Gasteiger partial charge < -0.3 is 9.47 Å². The predicted octanol–water partition coefficient (Wildman–Crippen LogP) is 4.16. The van der Waals surface area contributed by atoms with Crippen molar-refractivity contribution in [2.45, 2.75) is 59.2 Å². The molecule has 0 aromatic carbocycles. The van der Waals surface area contributed by atoms with Gasteiger partial charge in [-0.2, -0.15) is 0 Å². The first kappa shape index (κ1) is 14.1. The molecule has 0 amide bonds. The predicted molar refractivity (Wildman–Crippen MR) is 74.4 cm³/mol. The van der Waals surface area contributed by atoms with Gasteiger partial charge in [0.1, 0.15) is 0 Å². The molecule has 0 aromatic heterocycles. The fourth-order valence-electron chi connectivity index (χ4n) is 3.03. The lowest BCUT2D eigenvalue weighted by Crippen LogP contribution is -2.19. The molecular formula is C16H28O2. The Hall–Kier alpha value is -0.340. The van der Waals surface area contributed by atoms with E-state index >= 15 is 0 Å². The van der Waals surface area contributed by atoms with Gasteiger partial charge in [0.05, 0.1) is 13.2 Å². The maximum atomic E-state index is 5.49. The zero-order valence-electron chi connectivity index (χ0n) is 12.2. The molecule has 1 heterocycles. The molecule has 2 atom stereocenters. The first-order chi connectivity index (χ1) is 8.66. The van der Waals surface area contributed by atoms with Crippen LogP contribution in [-0.2, 0) is 9.47 Å². The second-order valence-corrected chi connectivity index (χ2v) is 6.21. The summed E-state index contributed by atoms with van der Waals surface area (Å²) in [6, 6.07) is 0. The standard InChI is InChI=1S/C16H28O2/c1-12(2)13(3)15-7-4-14(5-8-15)6-9-16-17-10-11-18-16/h4,12-13,15-16H,5-11H2,1-3H3. The van der Waals surface area contributed by atoms with Gasteiger partial charge in [-0.05, 0) is 43.4 Å². The number of hydrogen-bond donors (Lipinski definition) is 0. The quantitative estimate of drug-likeness (QED) is 0.684. The monoisotopic (exact) mass is 252 g/mol. The molecule has 1 saturated heterocycles. The average molecular weight is 252 g/mol. The molecule has 1 fully saturated rings. The molecule has 2 heteroatoms. The van der Waals surface area contributed by atoms with Gasteiger partial charge in [-0.1, -0.05) is 32.4 Å². The summed E-state index contributed by atoms with van der Waals surface area (Å²) < 4.78 is 11.0. The lowest BCUT2D eigenvalue weighted by atomic mass is 9.76. The Morgan fingerprint density at radius 1 is 1.22 bits per heavy atom. The van der Waals surface area contributed by atoms with Gasteiger partial charge in [-0.25, -0.2) is 0 Å². The van der Waals surface area contributed by atoms with Crippen molar-refractivity contribution in [3.8, 4) is 0 Å². The highest BCUT2D eigenvalue weighted by atomic mass is 16.7. The number of ether oxygens (including phenoxy) is 2. The normalized spacial score (nSPS) is 27.6. The van der Waals surface area contributed by atoms with Gasteiger partial charge >= 0.3 is 0 Å². The lowest BCUT2D eigenvalue weighted by molar-refractivity contribution is -0.0463. The summed E-state index contributed by atoms with van der Waals surface area (Å²) >= 11 is 0. The Morgan fingerprint density at radius 3 is 2.50 bits per heavy atom. The average Bonchev–Trinajstić information content (AvgIpc) is 2.89. The second kappa shape index (κ2) is 6.72. The largest absolute Gasteiger partial charge is 0.350 e. The van der Waals surface area contributed by atoms with Crippen LogP contribution in [0.2, 0.25) is 0 Å². The van der Waals surface area contributed by atoms with Gasteiger partial charge in [-0.15, -0.1) is 0 Å². The van der Waals surface area contributed by atoms with Crippen LogP contribution in [0.15, 0.2) is 11.6 Å². The summed E-state index contributed by atoms with van der Waals surface area (Å²) in [4.78, 5) is 0. The van der Waals surface area contributed by atoms with Gasteiger partial charge in [-0.3, -0.25) is 0 Å². The van der Waals surface area contributed by atoms with Crippen LogP contribution in [0.1, 0.15) is 52.9 Å². The molecule has 2 nitrogen and oxygen atoms in total. The fraction of sp³-hybridized carbons (Fsp3) is 0.875. The van der Waals surface area contributed by atoms with Crippen LogP contribution in [0.4, 0.5) is 0 Å². The Morgan fingerprint density at radius 2 is 1.94 bits per heavy atom. The van der Waals surface area contributed by atoms with Crippen molar-refractivity contribution in [1.82, 2.24) is 0 Å². The van der Waals surface area contributed by atoms with Crippen molar-refractivity contribution in [3.63, 3.8) is 0 Å². The molecule has 0 radical (unpaired) electrons. The van der Waals surface area contributed by atoms with Crippen molar-refractivity contribution in [2.24, 2.45) is 17.8 Å². The smallest absolute Gasteiger partial charge is 0.158 e. The molecule has 2 aliphatic rings. The molecular weight excluding hydrogens is 224 g/mol. The highest BCUT2D eigenvalue weighted by Gasteiger charge is 2.23. The topological polar surface area (TPSA) is 18.5 Å². The summed E-state index contributed by atoms with van der Waals surface area (Å²) in [6.45, 7) is 8.65. The molecule has 0 saturated carbocycles. The molecule has 2 unspecified atom stereocenters. The van der Waals surface area contributed by atoms with Crippen LogP contribution < -0.4 is 0 Å². The SMILES string of the molecule is CC(C)C(C)C1CC=C(CCC2OCCO2)CC1. The Kier molecular flexibility index (Phi) is 5.25. The molecule has 1 aliphatic carbocycles. The number of rotatable bonds is 5. The van der Waals surface area contributed by atoms with Gasteiger partial charge in [0.2, 0.25) is 0 Å². The van der Waals surface area contributed by atoms with Gasteiger partial charge in [0, 0.05) is 6.42 Å². The third kappa shape index (κ3) is 3.83. The van der Waals surface area contributed by atoms with E-state index in [2.05, 4.69) is 26.8 Å². The van der Waals surface area contributed by atoms with Crippen LogP contribution in [0, 0.1) is 17.8 Å². The minimum absolute atomic E-state index is 0.0678.